The Morgan fingerprint density at radius 2 is 2.05 bits per heavy atom. The molecule has 5 nitrogen and oxygen atoms in total. The lowest BCUT2D eigenvalue weighted by atomic mass is 9.86. The number of nitrogens with one attached hydrogen (secondary N) is 1. The quantitative estimate of drug-likeness (QED) is 0.869. The first-order chi connectivity index (χ1) is 9.20. The predicted octanol–water partition coefficient (Wildman–Crippen LogP) is 2.22. The van der Waals surface area contributed by atoms with Crippen molar-refractivity contribution in [1.82, 2.24) is 0 Å². The zero-order valence-electron chi connectivity index (χ0n) is 12.2. The molecule has 1 aromatic carbocycles. The Bertz CT molecular complexity index is 561. The van der Waals surface area contributed by atoms with E-state index in [9.17, 15) is 9.59 Å². The van der Waals surface area contributed by atoms with Crippen molar-refractivity contribution in [3.63, 3.8) is 0 Å². The molecule has 1 aliphatic rings. The fourth-order valence-electron chi connectivity index (χ4n) is 2.33. The lowest BCUT2D eigenvalue weighted by Gasteiger charge is -2.33. The molecule has 20 heavy (non-hydrogen) atoms. The second kappa shape index (κ2) is 4.81. The smallest absolute Gasteiger partial charge is 0.305 e. The third-order valence-corrected chi connectivity index (χ3v) is 3.56. The van der Waals surface area contributed by atoms with Crippen LogP contribution in [-0.2, 0) is 15.0 Å². The van der Waals surface area contributed by atoms with E-state index in [1.165, 1.54) is 4.90 Å². The molecule has 1 unspecified atom stereocenters. The highest BCUT2D eigenvalue weighted by Crippen LogP contribution is 2.35. The van der Waals surface area contributed by atoms with E-state index < -0.39 is 12.0 Å². The number of hydrogen-bond donors (Lipinski definition) is 2. The molecular weight excluding hydrogens is 256 g/mol. The minimum atomic E-state index is -0.986. The number of fused-ring (bicyclic) bond motifs is 1. The molecule has 0 saturated carbocycles. The van der Waals surface area contributed by atoms with Crippen molar-refractivity contribution in [2.75, 3.05) is 17.3 Å². The van der Waals surface area contributed by atoms with Crippen molar-refractivity contribution in [3.8, 4) is 0 Å². The van der Waals surface area contributed by atoms with Gasteiger partial charge in [0.1, 0.15) is 6.04 Å². The van der Waals surface area contributed by atoms with E-state index in [-0.39, 0.29) is 17.7 Å². The fraction of sp³-hybridized carbons (Fsp3) is 0.467. The maximum atomic E-state index is 12.1. The van der Waals surface area contributed by atoms with Crippen LogP contribution in [0.15, 0.2) is 18.2 Å². The molecule has 1 aliphatic heterocycles. The molecule has 0 bridgehead atoms. The lowest BCUT2D eigenvalue weighted by Crippen LogP contribution is -2.46. The maximum Gasteiger partial charge on any atom is 0.305 e. The van der Waals surface area contributed by atoms with Gasteiger partial charge < -0.3 is 15.3 Å². The van der Waals surface area contributed by atoms with Gasteiger partial charge in [-0.1, -0.05) is 26.8 Å². The summed E-state index contributed by atoms with van der Waals surface area (Å²) in [5, 5.41) is 11.9. The van der Waals surface area contributed by atoms with Crippen LogP contribution >= 0.6 is 0 Å². The molecule has 1 aromatic rings. The summed E-state index contributed by atoms with van der Waals surface area (Å²) in [5.41, 5.74) is 2.73. The summed E-state index contributed by atoms with van der Waals surface area (Å²) in [5.74, 6) is -1.21. The first kappa shape index (κ1) is 14.4. The zero-order valence-corrected chi connectivity index (χ0v) is 12.2. The molecule has 0 saturated heterocycles. The van der Waals surface area contributed by atoms with E-state index in [0.717, 1.165) is 16.9 Å². The van der Waals surface area contributed by atoms with Gasteiger partial charge in [0, 0.05) is 7.05 Å². The molecule has 2 rings (SSSR count). The van der Waals surface area contributed by atoms with Crippen LogP contribution in [-0.4, -0.2) is 30.1 Å². The van der Waals surface area contributed by atoms with Crippen LogP contribution in [0.2, 0.25) is 0 Å². The van der Waals surface area contributed by atoms with E-state index in [2.05, 4.69) is 26.1 Å². The summed E-state index contributed by atoms with van der Waals surface area (Å²) >= 11 is 0. The number of hydrogen-bond acceptors (Lipinski definition) is 3. The molecule has 1 amide bonds. The molecule has 0 radical (unpaired) electrons. The van der Waals surface area contributed by atoms with Crippen LogP contribution in [0, 0.1) is 0 Å². The summed E-state index contributed by atoms with van der Waals surface area (Å²) in [6.07, 6.45) is -0.220. The van der Waals surface area contributed by atoms with Gasteiger partial charge in [-0.3, -0.25) is 9.59 Å². The van der Waals surface area contributed by atoms with Gasteiger partial charge in [-0.2, -0.15) is 0 Å². The molecule has 1 atom stereocenters. The van der Waals surface area contributed by atoms with Crippen molar-refractivity contribution < 1.29 is 14.7 Å². The van der Waals surface area contributed by atoms with Gasteiger partial charge in [-0.05, 0) is 23.1 Å². The number of carboxylic acid groups (broad SMARTS) is 1. The second-order valence-electron chi connectivity index (χ2n) is 6.17. The number of carbonyl (C=O) groups excluding carboxylic acids is 1. The highest BCUT2D eigenvalue weighted by molar-refractivity contribution is 6.05. The van der Waals surface area contributed by atoms with E-state index in [1.54, 1.807) is 7.05 Å². The number of likely N-dealkylation sites (N-methyl/N-ethyl adjacent to an activating group) is 1. The first-order valence-corrected chi connectivity index (χ1v) is 6.60. The van der Waals surface area contributed by atoms with Gasteiger partial charge in [-0.15, -0.1) is 0 Å². The summed E-state index contributed by atoms with van der Waals surface area (Å²) in [4.78, 5) is 24.5. The number of rotatable bonds is 2. The Morgan fingerprint density at radius 3 is 2.60 bits per heavy atom. The van der Waals surface area contributed by atoms with E-state index in [0.29, 0.717) is 0 Å². The van der Waals surface area contributed by atoms with E-state index in [4.69, 9.17) is 5.11 Å². The average molecular weight is 276 g/mol. The van der Waals surface area contributed by atoms with Gasteiger partial charge in [-0.25, -0.2) is 0 Å². The Balaban J connectivity index is 2.40. The summed E-state index contributed by atoms with van der Waals surface area (Å²) in [6.45, 7) is 6.34. The molecule has 0 aromatic heterocycles. The van der Waals surface area contributed by atoms with Crippen LogP contribution in [0.25, 0.3) is 0 Å². The third-order valence-electron chi connectivity index (χ3n) is 3.56. The van der Waals surface area contributed by atoms with Crippen molar-refractivity contribution >= 4 is 23.3 Å². The SMILES string of the molecule is CN1C(=O)C(CC(=O)O)Nc2cc(C(C)(C)C)ccc21. The Morgan fingerprint density at radius 1 is 1.40 bits per heavy atom. The van der Waals surface area contributed by atoms with Crippen molar-refractivity contribution in [3.05, 3.63) is 23.8 Å². The molecule has 0 aliphatic carbocycles. The highest BCUT2D eigenvalue weighted by atomic mass is 16.4. The van der Waals surface area contributed by atoms with Crippen molar-refractivity contribution in [2.45, 2.75) is 38.6 Å². The van der Waals surface area contributed by atoms with E-state index >= 15 is 0 Å². The van der Waals surface area contributed by atoms with Gasteiger partial charge in [0.15, 0.2) is 0 Å². The minimum Gasteiger partial charge on any atom is -0.481 e. The molecule has 0 fully saturated rings. The predicted molar refractivity (Wildman–Crippen MR) is 78.2 cm³/mol. The average Bonchev–Trinajstić information content (AvgIpc) is 2.33. The van der Waals surface area contributed by atoms with Crippen LogP contribution in [0.5, 0.6) is 0 Å². The number of aliphatic carboxylic acids is 1. The van der Waals surface area contributed by atoms with Gasteiger partial charge in [0.25, 0.3) is 0 Å². The molecule has 5 heteroatoms. The van der Waals surface area contributed by atoms with Crippen molar-refractivity contribution in [2.24, 2.45) is 0 Å². The largest absolute Gasteiger partial charge is 0.481 e. The Labute approximate surface area is 118 Å². The molecule has 0 spiro atoms. The monoisotopic (exact) mass is 276 g/mol. The summed E-state index contributed by atoms with van der Waals surface area (Å²) in [7, 11) is 1.67. The Hall–Kier alpha value is -2.04. The maximum absolute atomic E-state index is 12.1. The van der Waals surface area contributed by atoms with Crippen molar-refractivity contribution in [1.29, 1.82) is 0 Å². The number of amides is 1. The summed E-state index contributed by atoms with van der Waals surface area (Å²) in [6, 6.07) is 5.19. The first-order valence-electron chi connectivity index (χ1n) is 6.60. The van der Waals surface area contributed by atoms with E-state index in [1.807, 2.05) is 18.2 Å². The number of nitrogens with zero attached hydrogens (tertiary/aromatic N) is 1. The minimum absolute atomic E-state index is 0.000960. The fourth-order valence-corrected chi connectivity index (χ4v) is 2.33. The van der Waals surface area contributed by atoms with Gasteiger partial charge >= 0.3 is 5.97 Å². The Kier molecular flexibility index (Phi) is 3.46. The topological polar surface area (TPSA) is 69.6 Å². The molecule has 108 valence electrons. The molecule has 1 heterocycles. The van der Waals surface area contributed by atoms with Gasteiger partial charge in [0.2, 0.25) is 5.91 Å². The van der Waals surface area contributed by atoms with Crippen LogP contribution < -0.4 is 10.2 Å². The van der Waals surface area contributed by atoms with Crippen LogP contribution in [0.1, 0.15) is 32.8 Å². The number of anilines is 2. The molecule has 2 N–H and O–H groups in total. The second-order valence-corrected chi connectivity index (χ2v) is 6.17. The van der Waals surface area contributed by atoms with Crippen LogP contribution in [0.3, 0.4) is 0 Å². The number of carbonyl (C=O) groups is 2. The third kappa shape index (κ3) is 2.61. The number of carboxylic acids is 1. The summed E-state index contributed by atoms with van der Waals surface area (Å²) < 4.78 is 0. The van der Waals surface area contributed by atoms with Crippen LogP contribution in [0.4, 0.5) is 11.4 Å². The number of benzene rings is 1. The normalized spacial score (nSPS) is 18.5. The zero-order chi connectivity index (χ0) is 15.1. The highest BCUT2D eigenvalue weighted by Gasteiger charge is 2.32. The standard InChI is InChI=1S/C15H20N2O3/c1-15(2,3)9-5-6-12-10(7-9)16-11(8-13(18)19)14(20)17(12)4/h5-7,11,16H,8H2,1-4H3,(H,18,19). The van der Waals surface area contributed by atoms with Gasteiger partial charge in [0.05, 0.1) is 17.8 Å². The molecular formula is C15H20N2O3. The lowest BCUT2D eigenvalue weighted by molar-refractivity contribution is -0.138.